The molecular weight excluding hydrogens is 1140 g/mol. The van der Waals surface area contributed by atoms with Gasteiger partial charge in [0.15, 0.2) is 34.5 Å². The van der Waals surface area contributed by atoms with E-state index in [0.29, 0.717) is 20.8 Å². The molecule has 0 saturated carbocycles. The summed E-state index contributed by atoms with van der Waals surface area (Å²) in [5, 5.41) is 0. The van der Waals surface area contributed by atoms with Crippen LogP contribution in [0.25, 0.3) is 0 Å². The van der Waals surface area contributed by atoms with Gasteiger partial charge in [0.1, 0.15) is 36.4 Å². The second kappa shape index (κ2) is 32.5. The highest BCUT2D eigenvalue weighted by Crippen LogP contribution is 2.48. The number of esters is 3. The van der Waals surface area contributed by atoms with Crippen molar-refractivity contribution in [2.45, 2.75) is 195 Å². The zero-order valence-corrected chi connectivity index (χ0v) is 51.9. The van der Waals surface area contributed by atoms with E-state index in [1.54, 1.807) is 0 Å². The number of benzene rings is 3. The third kappa shape index (κ3) is 17.5. The van der Waals surface area contributed by atoms with E-state index in [-0.39, 0.29) is 26.2 Å². The van der Waals surface area contributed by atoms with Crippen molar-refractivity contribution in [3.05, 3.63) is 69.8 Å². The summed E-state index contributed by atoms with van der Waals surface area (Å²) in [5.74, 6) is -31.0. The average Bonchev–Trinajstić information content (AvgIpc) is 0.659. The minimum Gasteiger partial charge on any atom is -0.493 e. The molecule has 0 spiro atoms. The molecule has 504 valence electrons. The Kier molecular flexibility index (Phi) is 10.6. The zero-order chi connectivity index (χ0) is 111. The van der Waals surface area contributed by atoms with Crippen molar-refractivity contribution in [2.75, 3.05) is 81.5 Å². The van der Waals surface area contributed by atoms with Crippen LogP contribution in [0, 0.1) is 53.1 Å². The van der Waals surface area contributed by atoms with Gasteiger partial charge in [-0.1, -0.05) is 82.9 Å². The standard InChI is InChI=1S/3C24H38N2O4/c3*1-14(2)9-17-13-26-8-7-16-10-21(28-5)22(29-6)11-18(16)19(26)12-20(17)30-24(27)23(25)15(3)4/h3*10-11,14-15,17,19-20,23H,7-9,12-13,25H2,1-6H3/t3*17?,19?,20?,23-/m000/s1/i2*1D3,5D3,7D2,8D2,9D2,12D2,13D2,14D,17D;1D3,7D2,8D2,9D2,12D2,13D2,14D,17D/t3*14?,17?,19?,20?,23-. The minimum absolute atomic E-state index is 0.00138. The molecule has 0 radical (unpaired) electrons. The SMILES string of the molecule is [2H]C([2H])([2H])Oc1cc2c(cc1OC)C1N(C([2H])([2H])C2([2H])[2H])C([2H])([2H])C([2H])(C([2H])([2H])C([2H])(C)C([2H])([2H])[2H])C(OC(=O)[C@@H](N)C(C)C)C1([2H])[2H].[2H]C([2H])([2H])Oc1cc2c(cc1OC)C1N(C([2H])([2H])C2([2H])[2H])C([2H])([2H])C([2H])(C([2H])([2H])C([2H])(C)C([2H])([2H])[2H])C(OC(=O)[C@@H](N)C(C)C)C1([2H])[2H].[2H]C1([2H])C2c3cc(OC)c(OC)cc3C([2H])([2H])C([2H])([2H])N2C([2H])([2H])C([2H])(C([2H])([2H])C([2H])(C)C([2H])([2H])[2H])C1OC(=O)[C@@H](N)C(C)C. The highest BCUT2D eigenvalue weighted by Gasteiger charge is 2.45. The van der Waals surface area contributed by atoms with E-state index in [1.807, 2.05) is 0 Å². The van der Waals surface area contributed by atoms with Gasteiger partial charge in [-0.15, -0.1) is 0 Å². The number of piperidine rings is 3. The normalized spacial score (nSPS) is 45.6. The smallest absolute Gasteiger partial charge is 0.323 e. The largest absolute Gasteiger partial charge is 0.493 e. The summed E-state index contributed by atoms with van der Waals surface area (Å²) in [6.07, 6.45) is -41.3. The van der Waals surface area contributed by atoms with E-state index < -0.39 is 313 Å². The average molecular weight is 1310 g/mol. The Hall–Kier alpha value is -5.37. The second-order valence-electron chi connectivity index (χ2n) is 21.8. The maximum atomic E-state index is 13.3. The first kappa shape index (κ1) is 29.5. The summed E-state index contributed by atoms with van der Waals surface area (Å²) in [5.41, 5.74) is 14.2. The topological polar surface area (TPSA) is 222 Å². The van der Waals surface area contributed by atoms with Crippen LogP contribution in [-0.4, -0.2) is 151 Å². The lowest BCUT2D eigenvalue weighted by Gasteiger charge is -2.47. The van der Waals surface area contributed by atoms with E-state index in [9.17, 15) is 34.9 Å². The molecule has 18 heteroatoms. The van der Waals surface area contributed by atoms with Crippen LogP contribution in [0.3, 0.4) is 0 Å². The lowest BCUT2D eigenvalue weighted by atomic mass is 9.79. The van der Waals surface area contributed by atoms with Crippen molar-refractivity contribution in [3.63, 3.8) is 0 Å². The van der Waals surface area contributed by atoms with Crippen molar-refractivity contribution < 1.29 is 127 Å². The molecule has 3 saturated heterocycles. The van der Waals surface area contributed by atoms with Crippen LogP contribution in [-0.2, 0) is 47.7 Å². The first-order chi connectivity index (χ1) is 62.2. The highest BCUT2D eigenvalue weighted by atomic mass is 16.6. The van der Waals surface area contributed by atoms with Gasteiger partial charge in [-0.2, -0.15) is 0 Å². The molecule has 6 aliphatic rings. The Morgan fingerprint density at radius 3 is 0.967 bits per heavy atom. The molecule has 0 bridgehead atoms. The van der Waals surface area contributed by atoms with Crippen LogP contribution in [0.1, 0.15) is 243 Å². The van der Waals surface area contributed by atoms with Crippen LogP contribution < -0.4 is 45.6 Å². The number of aryl methyl sites for hydroxylation is 3. The molecule has 12 unspecified atom stereocenters. The molecule has 15 atom stereocenters. The first-order valence-electron chi connectivity index (χ1n) is 53.6. The van der Waals surface area contributed by atoms with E-state index in [0.717, 1.165) is 50.6 Å². The van der Waals surface area contributed by atoms with E-state index in [4.69, 9.17) is 109 Å². The second-order valence-corrected chi connectivity index (χ2v) is 21.8. The molecule has 0 aliphatic carbocycles. The van der Waals surface area contributed by atoms with Gasteiger partial charge in [-0.3, -0.25) is 29.1 Å². The summed E-state index contributed by atoms with van der Waals surface area (Å²) in [6, 6.07) is -6.34. The molecule has 6 aliphatic heterocycles. The van der Waals surface area contributed by atoms with E-state index >= 15 is 0 Å². The molecule has 0 aromatic heterocycles. The van der Waals surface area contributed by atoms with Crippen molar-refractivity contribution in [1.29, 1.82) is 0 Å². The van der Waals surface area contributed by atoms with Gasteiger partial charge in [0, 0.05) is 156 Å². The number of rotatable bonds is 21. The summed E-state index contributed by atoms with van der Waals surface area (Å²) in [6.45, 7) is -23.4. The molecule has 3 aromatic carbocycles. The summed E-state index contributed by atoms with van der Waals surface area (Å²) in [7, 11) is -1.73. The molecule has 3 aromatic rings. The Balaban J connectivity index is 0.000000288. The third-order valence-corrected chi connectivity index (χ3v) is 14.1. The molecule has 3 fully saturated rings. The Morgan fingerprint density at radius 2 is 0.733 bits per heavy atom. The van der Waals surface area contributed by atoms with Crippen LogP contribution >= 0.6 is 0 Å². The van der Waals surface area contributed by atoms with Gasteiger partial charge in [-0.05, 0) is 143 Å². The van der Waals surface area contributed by atoms with Gasteiger partial charge >= 0.3 is 17.9 Å². The van der Waals surface area contributed by atoms with Crippen molar-refractivity contribution >= 4 is 17.9 Å². The fraction of sp³-hybridized carbons (Fsp3) is 0.708. The van der Waals surface area contributed by atoms with Gasteiger partial charge in [0.05, 0.1) is 50.7 Å². The van der Waals surface area contributed by atoms with Crippen molar-refractivity contribution in [2.24, 2.45) is 70.3 Å². The number of carbonyl (C=O) groups excluding carboxylic acids is 3. The quantitative estimate of drug-likeness (QED) is 0.0666. The monoisotopic (exact) mass is 1310 g/mol. The minimum atomic E-state index is -4.04. The summed E-state index contributed by atoms with van der Waals surface area (Å²) >= 11 is 0. The number of nitrogens with zero attached hydrogens (tertiary/aromatic N) is 3. The summed E-state index contributed by atoms with van der Waals surface area (Å²) < 4.78 is 487. The molecule has 6 heterocycles. The van der Waals surface area contributed by atoms with Crippen molar-refractivity contribution in [1.82, 2.24) is 14.7 Å². The van der Waals surface area contributed by atoms with Crippen LogP contribution in [0.4, 0.5) is 0 Å². The Morgan fingerprint density at radius 1 is 0.478 bits per heavy atom. The van der Waals surface area contributed by atoms with Crippen LogP contribution in [0.2, 0.25) is 0 Å². The number of nitrogens with two attached hydrogens (primary N) is 3. The van der Waals surface area contributed by atoms with Gasteiger partial charge in [-0.25, -0.2) is 0 Å². The lowest BCUT2D eigenvalue weighted by molar-refractivity contribution is -0.161. The zero-order valence-electron chi connectivity index (χ0n) is 103. The Labute approximate surface area is 611 Å². The number of methoxy groups -OCH3 is 6. The number of hydrogen-bond acceptors (Lipinski definition) is 18. The van der Waals surface area contributed by atoms with Gasteiger partial charge < -0.3 is 59.8 Å². The third-order valence-electron chi connectivity index (χ3n) is 14.1. The Bertz CT molecular complexity index is 4960. The molecular formula is C72H114N6O12. The number of carbonyl (C=O) groups is 3. The first-order valence-corrected chi connectivity index (χ1v) is 28.1. The lowest BCUT2D eigenvalue weighted by Crippen LogP contribution is -2.51. The molecule has 0 amide bonds. The fourth-order valence-corrected chi connectivity index (χ4v) is 9.08. The van der Waals surface area contributed by atoms with Crippen molar-refractivity contribution in [3.8, 4) is 34.5 Å². The van der Waals surface area contributed by atoms with Gasteiger partial charge in [0.2, 0.25) is 0 Å². The number of ether oxygens (including phenoxy) is 9. The molecule has 90 heavy (non-hydrogen) atoms. The van der Waals surface area contributed by atoms with E-state index in [1.165, 1.54) is 55.8 Å². The molecule has 6 N–H and O–H groups in total. The maximum Gasteiger partial charge on any atom is 0.323 e. The summed E-state index contributed by atoms with van der Waals surface area (Å²) in [4.78, 5) is 39.6. The van der Waals surface area contributed by atoms with Gasteiger partial charge in [0.25, 0.3) is 0 Å². The number of hydrogen-bond donors (Lipinski definition) is 3. The molecule has 18 nitrogen and oxygen atoms in total. The fourth-order valence-electron chi connectivity index (χ4n) is 9.08. The predicted molar refractivity (Wildman–Crippen MR) is 353 cm³/mol. The van der Waals surface area contributed by atoms with Crippen LogP contribution in [0.5, 0.6) is 34.5 Å². The van der Waals surface area contributed by atoms with E-state index in [2.05, 4.69) is 0 Å². The maximum absolute atomic E-state index is 13.3. The highest BCUT2D eigenvalue weighted by molar-refractivity contribution is 5.77. The molecule has 9 rings (SSSR count). The van der Waals surface area contributed by atoms with Crippen LogP contribution in [0.15, 0.2) is 36.4 Å². The number of fused-ring (bicyclic) bond motifs is 9. The predicted octanol–water partition coefficient (Wildman–Crippen LogP) is 10.7.